The molecule has 0 spiro atoms. The molecular weight excluding hydrogens is 246 g/mol. The van der Waals surface area contributed by atoms with Gasteiger partial charge in [-0.05, 0) is 19.9 Å². The lowest BCUT2D eigenvalue weighted by atomic mass is 10.1. The Labute approximate surface area is 111 Å². The van der Waals surface area contributed by atoms with Crippen molar-refractivity contribution < 1.29 is 19.8 Å². The summed E-state index contributed by atoms with van der Waals surface area (Å²) in [5, 5.41) is 18.5. The number of para-hydroxylation sites is 1. The molecule has 0 bridgehead atoms. The third kappa shape index (κ3) is 3.58. The minimum absolute atomic E-state index is 0.0223. The molecule has 0 atom stereocenters. The molecule has 0 heterocycles. The monoisotopic (exact) mass is 263 g/mol. The molecule has 1 amide bonds. The van der Waals surface area contributed by atoms with Gasteiger partial charge in [0, 0.05) is 30.3 Å². The Hall–Kier alpha value is -2.30. The third-order valence-electron chi connectivity index (χ3n) is 2.95. The third-order valence-corrected chi connectivity index (χ3v) is 2.95. The zero-order chi connectivity index (χ0) is 14.6. The standard InChI is InChI=1S/C14H17NO4/c1-9(10(2)14(18)19)13(17)15(3)8-11-6-4-5-7-12(11)16/h4-7,16H,8H2,1-3H3,(H,18,19). The predicted molar refractivity (Wildman–Crippen MR) is 70.6 cm³/mol. The van der Waals surface area contributed by atoms with Gasteiger partial charge in [0.05, 0.1) is 0 Å². The first-order valence-corrected chi connectivity index (χ1v) is 5.77. The molecule has 0 aromatic heterocycles. The fourth-order valence-electron chi connectivity index (χ4n) is 1.58. The predicted octanol–water partition coefficient (Wildman–Crippen LogP) is 1.77. The Morgan fingerprint density at radius 1 is 1.16 bits per heavy atom. The van der Waals surface area contributed by atoms with Crippen LogP contribution in [-0.4, -0.2) is 34.0 Å². The van der Waals surface area contributed by atoms with Gasteiger partial charge in [-0.2, -0.15) is 0 Å². The molecule has 0 aliphatic carbocycles. The van der Waals surface area contributed by atoms with Crippen LogP contribution in [0.25, 0.3) is 0 Å². The van der Waals surface area contributed by atoms with Gasteiger partial charge in [-0.1, -0.05) is 18.2 Å². The van der Waals surface area contributed by atoms with Gasteiger partial charge in [0.2, 0.25) is 5.91 Å². The molecule has 0 saturated heterocycles. The second-order valence-electron chi connectivity index (χ2n) is 4.35. The number of rotatable bonds is 4. The van der Waals surface area contributed by atoms with Crippen LogP contribution in [0.4, 0.5) is 0 Å². The van der Waals surface area contributed by atoms with Gasteiger partial charge in [0.1, 0.15) is 5.75 Å². The van der Waals surface area contributed by atoms with Crippen molar-refractivity contribution in [3.63, 3.8) is 0 Å². The Morgan fingerprint density at radius 3 is 2.26 bits per heavy atom. The largest absolute Gasteiger partial charge is 0.508 e. The maximum atomic E-state index is 12.0. The molecule has 5 nitrogen and oxygen atoms in total. The first-order valence-electron chi connectivity index (χ1n) is 5.77. The van der Waals surface area contributed by atoms with Gasteiger partial charge in [0.25, 0.3) is 0 Å². The summed E-state index contributed by atoms with van der Waals surface area (Å²) < 4.78 is 0. The average Bonchev–Trinajstić information content (AvgIpc) is 2.38. The molecule has 19 heavy (non-hydrogen) atoms. The van der Waals surface area contributed by atoms with Crippen LogP contribution in [-0.2, 0) is 16.1 Å². The zero-order valence-corrected chi connectivity index (χ0v) is 11.2. The Kier molecular flexibility index (Phi) is 4.69. The zero-order valence-electron chi connectivity index (χ0n) is 11.2. The van der Waals surface area contributed by atoms with E-state index in [4.69, 9.17) is 5.11 Å². The van der Waals surface area contributed by atoms with Crippen molar-refractivity contribution in [3.8, 4) is 5.75 Å². The van der Waals surface area contributed by atoms with E-state index in [1.54, 1.807) is 31.3 Å². The van der Waals surface area contributed by atoms with Crippen molar-refractivity contribution in [2.45, 2.75) is 20.4 Å². The summed E-state index contributed by atoms with van der Waals surface area (Å²) in [4.78, 5) is 24.2. The molecule has 0 radical (unpaired) electrons. The van der Waals surface area contributed by atoms with Gasteiger partial charge < -0.3 is 15.1 Å². The smallest absolute Gasteiger partial charge is 0.331 e. The topological polar surface area (TPSA) is 77.8 Å². The highest BCUT2D eigenvalue weighted by atomic mass is 16.4. The van der Waals surface area contributed by atoms with E-state index in [0.717, 1.165) is 0 Å². The molecule has 0 aliphatic heterocycles. The quantitative estimate of drug-likeness (QED) is 0.811. The van der Waals surface area contributed by atoms with E-state index in [-0.39, 0.29) is 29.3 Å². The summed E-state index contributed by atoms with van der Waals surface area (Å²) in [6, 6.07) is 6.71. The number of nitrogens with zero attached hydrogens (tertiary/aromatic N) is 1. The van der Waals surface area contributed by atoms with Gasteiger partial charge >= 0.3 is 5.97 Å². The van der Waals surface area contributed by atoms with Crippen LogP contribution >= 0.6 is 0 Å². The SMILES string of the molecule is CC(C(=O)O)=C(C)C(=O)N(C)Cc1ccccc1O. The van der Waals surface area contributed by atoms with E-state index in [1.807, 2.05) is 0 Å². The van der Waals surface area contributed by atoms with Crippen LogP contribution in [0.1, 0.15) is 19.4 Å². The molecule has 1 rings (SSSR count). The first kappa shape index (κ1) is 14.8. The number of amides is 1. The van der Waals surface area contributed by atoms with Gasteiger partial charge in [-0.3, -0.25) is 4.79 Å². The van der Waals surface area contributed by atoms with Crippen LogP contribution in [0.3, 0.4) is 0 Å². The van der Waals surface area contributed by atoms with Gasteiger partial charge in [-0.25, -0.2) is 4.79 Å². The summed E-state index contributed by atoms with van der Waals surface area (Å²) in [5.74, 6) is -1.37. The number of carbonyl (C=O) groups excluding carboxylic acids is 1. The lowest BCUT2D eigenvalue weighted by Crippen LogP contribution is -2.28. The number of carbonyl (C=O) groups is 2. The number of hydrogen-bond donors (Lipinski definition) is 2. The number of likely N-dealkylation sites (N-methyl/N-ethyl adjacent to an activating group) is 1. The Bertz CT molecular complexity index is 534. The van der Waals surface area contributed by atoms with Crippen LogP contribution < -0.4 is 0 Å². The fraction of sp³-hybridized carbons (Fsp3) is 0.286. The average molecular weight is 263 g/mol. The lowest BCUT2D eigenvalue weighted by Gasteiger charge is -2.18. The highest BCUT2D eigenvalue weighted by Crippen LogP contribution is 2.18. The Balaban J connectivity index is 2.88. The van der Waals surface area contributed by atoms with Gasteiger partial charge in [0.15, 0.2) is 0 Å². The van der Waals surface area contributed by atoms with Crippen molar-refractivity contribution in [1.29, 1.82) is 0 Å². The molecular formula is C14H17NO4. The summed E-state index contributed by atoms with van der Waals surface area (Å²) >= 11 is 0. The van der Waals surface area contributed by atoms with Crippen molar-refractivity contribution >= 4 is 11.9 Å². The van der Waals surface area contributed by atoms with Crippen molar-refractivity contribution in [1.82, 2.24) is 4.90 Å². The maximum absolute atomic E-state index is 12.0. The molecule has 102 valence electrons. The number of aromatic hydroxyl groups is 1. The highest BCUT2D eigenvalue weighted by molar-refractivity contribution is 6.01. The van der Waals surface area contributed by atoms with Gasteiger partial charge in [-0.15, -0.1) is 0 Å². The van der Waals surface area contributed by atoms with Crippen molar-refractivity contribution in [2.75, 3.05) is 7.05 Å². The molecule has 0 fully saturated rings. The van der Waals surface area contributed by atoms with E-state index in [1.165, 1.54) is 18.7 Å². The second-order valence-corrected chi connectivity index (χ2v) is 4.35. The van der Waals surface area contributed by atoms with E-state index in [9.17, 15) is 14.7 Å². The molecule has 0 unspecified atom stereocenters. The second kappa shape index (κ2) is 6.04. The first-order chi connectivity index (χ1) is 8.84. The van der Waals surface area contributed by atoms with Crippen molar-refractivity contribution in [2.24, 2.45) is 0 Å². The van der Waals surface area contributed by atoms with E-state index in [2.05, 4.69) is 0 Å². The lowest BCUT2D eigenvalue weighted by molar-refractivity contribution is -0.133. The minimum Gasteiger partial charge on any atom is -0.508 e. The van der Waals surface area contributed by atoms with Crippen LogP contribution in [0, 0.1) is 0 Å². The fourth-order valence-corrected chi connectivity index (χ4v) is 1.58. The van der Waals surface area contributed by atoms with E-state index < -0.39 is 5.97 Å². The normalized spacial score (nSPS) is 11.7. The number of benzene rings is 1. The van der Waals surface area contributed by atoms with Crippen LogP contribution in [0.15, 0.2) is 35.4 Å². The molecule has 1 aromatic carbocycles. The number of aliphatic carboxylic acids is 1. The molecule has 1 aromatic rings. The molecule has 5 heteroatoms. The number of carboxylic acids is 1. The Morgan fingerprint density at radius 2 is 1.74 bits per heavy atom. The molecule has 2 N–H and O–H groups in total. The van der Waals surface area contributed by atoms with Crippen LogP contribution in [0.5, 0.6) is 5.75 Å². The molecule has 0 saturated carbocycles. The summed E-state index contributed by atoms with van der Waals surface area (Å²) in [7, 11) is 1.56. The highest BCUT2D eigenvalue weighted by Gasteiger charge is 2.17. The van der Waals surface area contributed by atoms with E-state index >= 15 is 0 Å². The molecule has 0 aliphatic rings. The summed E-state index contributed by atoms with van der Waals surface area (Å²) in [6.45, 7) is 3.09. The number of hydrogen-bond acceptors (Lipinski definition) is 3. The summed E-state index contributed by atoms with van der Waals surface area (Å²) in [6.07, 6.45) is 0. The number of carboxylic acid groups (broad SMARTS) is 1. The number of phenolic OH excluding ortho intramolecular Hbond substituents is 1. The van der Waals surface area contributed by atoms with E-state index in [0.29, 0.717) is 5.56 Å². The van der Waals surface area contributed by atoms with Crippen LogP contribution in [0.2, 0.25) is 0 Å². The van der Waals surface area contributed by atoms with Crippen molar-refractivity contribution in [3.05, 3.63) is 41.0 Å². The summed E-state index contributed by atoms with van der Waals surface area (Å²) in [5.41, 5.74) is 0.818. The maximum Gasteiger partial charge on any atom is 0.331 e. The number of phenols is 1. The minimum atomic E-state index is -1.11.